The Hall–Kier alpha value is -1.89. The number of nitrogens with zero attached hydrogens (tertiary/aromatic N) is 3. The summed E-state index contributed by atoms with van der Waals surface area (Å²) in [5, 5.41) is 15.0. The van der Waals surface area contributed by atoms with Crippen molar-refractivity contribution in [2.75, 3.05) is 37.6 Å². The van der Waals surface area contributed by atoms with Crippen LogP contribution in [-0.2, 0) is 0 Å². The van der Waals surface area contributed by atoms with Gasteiger partial charge in [-0.05, 0) is 75.4 Å². The largest absolute Gasteiger partial charge is 0.388 e. The molecule has 1 amide bonds. The molecule has 5 rings (SSSR count). The Labute approximate surface area is 201 Å². The first-order valence-corrected chi connectivity index (χ1v) is 12.9. The maximum Gasteiger partial charge on any atom is 0.253 e. The number of rotatable bonds is 5. The minimum Gasteiger partial charge on any atom is -0.388 e. The smallest absolute Gasteiger partial charge is 0.253 e. The van der Waals surface area contributed by atoms with E-state index in [-0.39, 0.29) is 12.5 Å². The minimum absolute atomic E-state index is 0.248. The van der Waals surface area contributed by atoms with E-state index in [9.17, 15) is 9.90 Å². The molecule has 1 saturated carbocycles. The SMILES string of the molecule is C[C@H]1CCCC(O)(CNC(=O)c2c(Cl)ccc3nc(N4CCC(N5CCCC5)C4)ccc23)C1. The van der Waals surface area contributed by atoms with Crippen LogP contribution in [0.2, 0.25) is 5.02 Å². The molecule has 1 aliphatic carbocycles. The van der Waals surface area contributed by atoms with Crippen molar-refractivity contribution in [2.24, 2.45) is 5.92 Å². The average Bonchev–Trinajstić information content (AvgIpc) is 3.49. The van der Waals surface area contributed by atoms with E-state index in [1.807, 2.05) is 18.2 Å². The number of fused-ring (bicyclic) bond motifs is 1. The Bertz CT molecular complexity index is 1020. The maximum absolute atomic E-state index is 13.1. The van der Waals surface area contributed by atoms with E-state index in [1.165, 1.54) is 32.4 Å². The molecule has 3 aliphatic rings. The zero-order valence-corrected chi connectivity index (χ0v) is 20.3. The third-order valence-electron chi connectivity index (χ3n) is 7.82. The van der Waals surface area contributed by atoms with E-state index in [0.717, 1.165) is 55.5 Å². The third kappa shape index (κ3) is 4.84. The van der Waals surface area contributed by atoms with Crippen LogP contribution in [0.25, 0.3) is 10.9 Å². The van der Waals surface area contributed by atoms with Crippen LogP contribution in [0.1, 0.15) is 62.2 Å². The van der Waals surface area contributed by atoms with Crippen LogP contribution in [0.5, 0.6) is 0 Å². The van der Waals surface area contributed by atoms with Gasteiger partial charge >= 0.3 is 0 Å². The van der Waals surface area contributed by atoms with Crippen LogP contribution < -0.4 is 10.2 Å². The van der Waals surface area contributed by atoms with Crippen molar-refractivity contribution < 1.29 is 9.90 Å². The Balaban J connectivity index is 1.32. The Morgan fingerprint density at radius 3 is 2.79 bits per heavy atom. The minimum atomic E-state index is -0.836. The lowest BCUT2D eigenvalue weighted by Crippen LogP contribution is -2.45. The number of aliphatic hydroxyl groups is 1. The zero-order chi connectivity index (χ0) is 23.0. The van der Waals surface area contributed by atoms with Gasteiger partial charge in [-0.15, -0.1) is 0 Å². The quantitative estimate of drug-likeness (QED) is 0.684. The van der Waals surface area contributed by atoms with Crippen LogP contribution >= 0.6 is 11.6 Å². The van der Waals surface area contributed by atoms with Crippen molar-refractivity contribution in [1.29, 1.82) is 0 Å². The van der Waals surface area contributed by atoms with Gasteiger partial charge in [0.25, 0.3) is 5.91 Å². The Kier molecular flexibility index (Phi) is 6.51. The van der Waals surface area contributed by atoms with Crippen molar-refractivity contribution >= 4 is 34.2 Å². The molecule has 3 atom stereocenters. The van der Waals surface area contributed by atoms with E-state index < -0.39 is 5.60 Å². The van der Waals surface area contributed by atoms with Gasteiger partial charge in [0.2, 0.25) is 0 Å². The fourth-order valence-corrected chi connectivity index (χ4v) is 6.30. The predicted molar refractivity (Wildman–Crippen MR) is 133 cm³/mol. The molecule has 2 N–H and O–H groups in total. The van der Waals surface area contributed by atoms with Crippen molar-refractivity contribution in [1.82, 2.24) is 15.2 Å². The average molecular weight is 471 g/mol. The number of hydrogen-bond donors (Lipinski definition) is 2. The third-order valence-corrected chi connectivity index (χ3v) is 8.14. The number of carbonyl (C=O) groups excluding carboxylic acids is 1. The summed E-state index contributed by atoms with van der Waals surface area (Å²) < 4.78 is 0. The summed E-state index contributed by atoms with van der Waals surface area (Å²) >= 11 is 6.47. The second-order valence-corrected chi connectivity index (χ2v) is 10.8. The van der Waals surface area contributed by atoms with E-state index in [2.05, 4.69) is 22.0 Å². The van der Waals surface area contributed by atoms with Gasteiger partial charge < -0.3 is 15.3 Å². The highest BCUT2D eigenvalue weighted by molar-refractivity contribution is 6.35. The summed E-state index contributed by atoms with van der Waals surface area (Å²) in [6, 6.07) is 8.24. The summed E-state index contributed by atoms with van der Waals surface area (Å²) in [5.74, 6) is 1.19. The zero-order valence-electron chi connectivity index (χ0n) is 19.5. The molecule has 3 heterocycles. The molecule has 33 heavy (non-hydrogen) atoms. The highest BCUT2D eigenvalue weighted by Crippen LogP contribution is 2.33. The highest BCUT2D eigenvalue weighted by Gasteiger charge is 2.33. The van der Waals surface area contributed by atoms with Crippen molar-refractivity contribution in [3.8, 4) is 0 Å². The van der Waals surface area contributed by atoms with E-state index in [1.54, 1.807) is 6.07 Å². The molecule has 1 aromatic carbocycles. The van der Waals surface area contributed by atoms with Gasteiger partial charge in [0.1, 0.15) is 5.82 Å². The molecule has 6 nitrogen and oxygen atoms in total. The predicted octanol–water partition coefficient (Wildman–Crippen LogP) is 4.23. The summed E-state index contributed by atoms with van der Waals surface area (Å²) in [6.07, 6.45) is 7.37. The molecule has 1 aromatic heterocycles. The number of nitrogens with one attached hydrogen (secondary N) is 1. The number of benzene rings is 1. The number of carbonyl (C=O) groups is 1. The highest BCUT2D eigenvalue weighted by atomic mass is 35.5. The lowest BCUT2D eigenvalue weighted by Gasteiger charge is -2.35. The van der Waals surface area contributed by atoms with Gasteiger partial charge in [0.05, 0.1) is 21.7 Å². The Morgan fingerprint density at radius 2 is 2.00 bits per heavy atom. The van der Waals surface area contributed by atoms with Gasteiger partial charge in [-0.1, -0.05) is 31.4 Å². The van der Waals surface area contributed by atoms with Gasteiger partial charge in [0.15, 0.2) is 0 Å². The standard InChI is InChI=1S/C26H35ClN4O2/c1-18-5-4-11-26(33,15-18)17-28-25(32)24-20-6-9-23(29-22(20)8-7-21(24)27)31-14-10-19(16-31)30-12-2-3-13-30/h6-9,18-19,33H,2-5,10-17H2,1H3,(H,28,32)/t18-,19?,26?/m0/s1. The Morgan fingerprint density at radius 1 is 1.18 bits per heavy atom. The van der Waals surface area contributed by atoms with Gasteiger partial charge in [0, 0.05) is 31.1 Å². The van der Waals surface area contributed by atoms with Crippen molar-refractivity contribution in [3.63, 3.8) is 0 Å². The van der Waals surface area contributed by atoms with Crippen LogP contribution in [0.4, 0.5) is 5.82 Å². The number of hydrogen-bond acceptors (Lipinski definition) is 5. The monoisotopic (exact) mass is 470 g/mol. The maximum atomic E-state index is 13.1. The van der Waals surface area contributed by atoms with Gasteiger partial charge in [-0.3, -0.25) is 9.69 Å². The molecule has 2 unspecified atom stereocenters. The van der Waals surface area contributed by atoms with Crippen molar-refractivity contribution in [2.45, 2.75) is 63.5 Å². The van der Waals surface area contributed by atoms with E-state index >= 15 is 0 Å². The molecule has 178 valence electrons. The van der Waals surface area contributed by atoms with Crippen LogP contribution in [0, 0.1) is 5.92 Å². The van der Waals surface area contributed by atoms with Gasteiger partial charge in [-0.2, -0.15) is 0 Å². The summed E-state index contributed by atoms with van der Waals surface area (Å²) in [6.45, 7) is 6.86. The first-order chi connectivity index (χ1) is 15.9. The second kappa shape index (κ2) is 9.40. The van der Waals surface area contributed by atoms with E-state index in [4.69, 9.17) is 16.6 Å². The molecular weight excluding hydrogens is 436 g/mol. The number of pyridine rings is 1. The fourth-order valence-electron chi connectivity index (χ4n) is 6.05. The first kappa shape index (κ1) is 22.9. The number of amides is 1. The van der Waals surface area contributed by atoms with Crippen LogP contribution in [0.3, 0.4) is 0 Å². The lowest BCUT2D eigenvalue weighted by atomic mass is 9.79. The lowest BCUT2D eigenvalue weighted by molar-refractivity contribution is -0.0109. The molecule has 2 aliphatic heterocycles. The summed E-state index contributed by atoms with van der Waals surface area (Å²) in [7, 11) is 0. The fraction of sp³-hybridized carbons (Fsp3) is 0.615. The number of likely N-dealkylation sites (tertiary alicyclic amines) is 1. The molecule has 3 fully saturated rings. The topological polar surface area (TPSA) is 68.7 Å². The molecular formula is C26H35ClN4O2. The number of halogens is 1. The number of anilines is 1. The molecule has 2 saturated heterocycles. The molecule has 0 bridgehead atoms. The summed E-state index contributed by atoms with van der Waals surface area (Å²) in [5.41, 5.74) is 0.381. The molecule has 2 aromatic rings. The first-order valence-electron chi connectivity index (χ1n) is 12.5. The molecule has 7 heteroatoms. The van der Waals surface area contributed by atoms with Crippen LogP contribution in [-0.4, -0.2) is 65.3 Å². The second-order valence-electron chi connectivity index (χ2n) is 10.4. The van der Waals surface area contributed by atoms with E-state index in [0.29, 0.717) is 22.5 Å². The summed E-state index contributed by atoms with van der Waals surface area (Å²) in [4.78, 5) is 23.0. The normalized spacial score (nSPS) is 28.5. The molecule has 0 radical (unpaired) electrons. The van der Waals surface area contributed by atoms with Gasteiger partial charge in [-0.25, -0.2) is 4.98 Å². The van der Waals surface area contributed by atoms with Crippen LogP contribution in [0.15, 0.2) is 24.3 Å². The number of aromatic nitrogens is 1. The van der Waals surface area contributed by atoms with Crippen molar-refractivity contribution in [3.05, 3.63) is 34.9 Å². The molecule has 0 spiro atoms.